The molecule has 0 spiro atoms. The lowest BCUT2D eigenvalue weighted by Crippen LogP contribution is -2.22. The zero-order valence-electron chi connectivity index (χ0n) is 15.0. The number of fused-ring (bicyclic) bond motifs is 2. The molecule has 5 rings (SSSR count). The van der Waals surface area contributed by atoms with Crippen LogP contribution < -0.4 is 5.56 Å². The molecule has 0 fully saturated rings. The summed E-state index contributed by atoms with van der Waals surface area (Å²) >= 11 is 0. The Morgan fingerprint density at radius 3 is 2.59 bits per heavy atom. The van der Waals surface area contributed by atoms with Crippen molar-refractivity contribution < 1.29 is 8.78 Å². The van der Waals surface area contributed by atoms with Crippen LogP contribution in [0.15, 0.2) is 72.0 Å². The van der Waals surface area contributed by atoms with E-state index in [1.165, 1.54) is 22.9 Å². The molecule has 29 heavy (non-hydrogen) atoms. The predicted molar refractivity (Wildman–Crippen MR) is 103 cm³/mol. The number of aromatic nitrogens is 5. The number of pyridine rings is 2. The largest absolute Gasteiger partial charge is 0.300 e. The highest BCUT2D eigenvalue weighted by Gasteiger charge is 2.16. The van der Waals surface area contributed by atoms with Crippen LogP contribution in [0, 0.1) is 11.6 Å². The lowest BCUT2D eigenvalue weighted by molar-refractivity contribution is 0.545. The van der Waals surface area contributed by atoms with E-state index < -0.39 is 17.2 Å². The summed E-state index contributed by atoms with van der Waals surface area (Å²) in [5.41, 5.74) is 1.67. The smallest absolute Gasteiger partial charge is 0.269 e. The van der Waals surface area contributed by atoms with Gasteiger partial charge in [-0.15, -0.1) is 0 Å². The molecule has 0 atom stereocenters. The molecule has 1 aromatic carbocycles. The Morgan fingerprint density at radius 2 is 1.76 bits per heavy atom. The minimum absolute atomic E-state index is 0.207. The molecule has 0 aliphatic carbocycles. The maximum absolute atomic E-state index is 14.9. The van der Waals surface area contributed by atoms with Crippen LogP contribution in [0.1, 0.15) is 5.56 Å². The van der Waals surface area contributed by atoms with Gasteiger partial charge in [-0.05, 0) is 36.4 Å². The van der Waals surface area contributed by atoms with Crippen LogP contribution in [0.5, 0.6) is 0 Å². The first-order valence-electron chi connectivity index (χ1n) is 8.83. The molecule has 8 heteroatoms. The average Bonchev–Trinajstić information content (AvgIpc) is 3.16. The van der Waals surface area contributed by atoms with Crippen LogP contribution in [0.2, 0.25) is 0 Å². The minimum atomic E-state index is -0.744. The normalized spacial score (nSPS) is 11.4. The third-order valence-electron chi connectivity index (χ3n) is 4.79. The van der Waals surface area contributed by atoms with Gasteiger partial charge in [0.05, 0.1) is 30.1 Å². The lowest BCUT2D eigenvalue weighted by atomic mass is 10.1. The fourth-order valence-electron chi connectivity index (χ4n) is 3.37. The Morgan fingerprint density at radius 1 is 0.931 bits per heavy atom. The first-order chi connectivity index (χ1) is 14.1. The number of hydrogen-bond acceptors (Lipinski definition) is 4. The molecule has 0 amide bonds. The fraction of sp³-hybridized carbons (Fsp3) is 0.0476. The summed E-state index contributed by atoms with van der Waals surface area (Å²) in [6.07, 6.45) is 5.97. The zero-order chi connectivity index (χ0) is 20.0. The van der Waals surface area contributed by atoms with Crippen molar-refractivity contribution in [2.24, 2.45) is 0 Å². The molecule has 0 bridgehead atoms. The molecule has 0 unspecified atom stereocenters. The van der Waals surface area contributed by atoms with Crippen LogP contribution in [-0.4, -0.2) is 23.9 Å². The second kappa shape index (κ2) is 6.59. The van der Waals surface area contributed by atoms with Crippen molar-refractivity contribution in [2.45, 2.75) is 6.54 Å². The van der Waals surface area contributed by atoms with Gasteiger partial charge in [0.2, 0.25) is 0 Å². The van der Waals surface area contributed by atoms with Crippen molar-refractivity contribution in [3.63, 3.8) is 0 Å². The van der Waals surface area contributed by atoms with Gasteiger partial charge in [0, 0.05) is 23.5 Å². The van der Waals surface area contributed by atoms with Crippen LogP contribution in [0.4, 0.5) is 8.78 Å². The number of halogens is 2. The number of imidazole rings is 1. The van der Waals surface area contributed by atoms with Gasteiger partial charge >= 0.3 is 0 Å². The fourth-order valence-corrected chi connectivity index (χ4v) is 3.37. The number of benzene rings is 1. The Kier molecular flexibility index (Phi) is 3.90. The molecular formula is C21H13F2N5O. The maximum atomic E-state index is 14.9. The van der Waals surface area contributed by atoms with Gasteiger partial charge in [-0.25, -0.2) is 23.7 Å². The number of rotatable bonds is 3. The lowest BCUT2D eigenvalue weighted by Gasteiger charge is -2.12. The molecule has 4 aromatic heterocycles. The third kappa shape index (κ3) is 2.85. The van der Waals surface area contributed by atoms with E-state index in [-0.39, 0.29) is 12.1 Å². The van der Waals surface area contributed by atoms with E-state index in [0.717, 1.165) is 6.20 Å². The van der Waals surface area contributed by atoms with E-state index in [0.29, 0.717) is 28.1 Å². The second-order valence-corrected chi connectivity index (χ2v) is 6.52. The van der Waals surface area contributed by atoms with Gasteiger partial charge in [-0.2, -0.15) is 0 Å². The van der Waals surface area contributed by atoms with E-state index in [4.69, 9.17) is 0 Å². The van der Waals surface area contributed by atoms with E-state index >= 15 is 0 Å². The van der Waals surface area contributed by atoms with Gasteiger partial charge in [0.25, 0.3) is 5.56 Å². The highest BCUT2D eigenvalue weighted by Crippen LogP contribution is 2.26. The molecule has 0 N–H and O–H groups in total. The topological polar surface area (TPSA) is 65.1 Å². The van der Waals surface area contributed by atoms with E-state index in [1.54, 1.807) is 35.0 Å². The highest BCUT2D eigenvalue weighted by atomic mass is 19.1. The quantitative estimate of drug-likeness (QED) is 0.474. The Bertz CT molecular complexity index is 1420. The Balaban J connectivity index is 1.62. The van der Waals surface area contributed by atoms with Crippen molar-refractivity contribution in [1.82, 2.24) is 23.9 Å². The summed E-state index contributed by atoms with van der Waals surface area (Å²) in [6.45, 7) is -0.269. The van der Waals surface area contributed by atoms with Crippen LogP contribution in [0.3, 0.4) is 0 Å². The molecule has 0 aliphatic rings. The molecule has 142 valence electrons. The van der Waals surface area contributed by atoms with Crippen molar-refractivity contribution in [3.05, 3.63) is 94.8 Å². The Labute approximate surface area is 162 Å². The summed E-state index contributed by atoms with van der Waals surface area (Å²) in [5, 5.41) is 0. The van der Waals surface area contributed by atoms with Gasteiger partial charge in [-0.1, -0.05) is 6.07 Å². The van der Waals surface area contributed by atoms with Gasteiger partial charge in [0.15, 0.2) is 5.65 Å². The SMILES string of the molecule is O=c1cnc2ncccc2n1Cc1c(F)cc(-c2cnc3ccccn23)cc1F. The molecule has 5 aromatic rings. The molecule has 6 nitrogen and oxygen atoms in total. The maximum Gasteiger partial charge on any atom is 0.269 e. The van der Waals surface area contributed by atoms with E-state index in [1.807, 2.05) is 12.1 Å². The second-order valence-electron chi connectivity index (χ2n) is 6.52. The third-order valence-corrected chi connectivity index (χ3v) is 4.79. The highest BCUT2D eigenvalue weighted by molar-refractivity contribution is 5.69. The van der Waals surface area contributed by atoms with Gasteiger partial charge < -0.3 is 0 Å². The standard InChI is InChI=1S/C21H13F2N5O/c22-15-8-13(18-10-25-19-5-1-2-7-27(18)19)9-16(23)14(15)12-28-17-4-3-6-24-21(17)26-11-20(28)29/h1-11H,12H2. The van der Waals surface area contributed by atoms with Gasteiger partial charge in [0.1, 0.15) is 17.3 Å². The molecule has 0 saturated carbocycles. The summed E-state index contributed by atoms with van der Waals surface area (Å²) in [4.78, 5) is 24.6. The molecule has 4 heterocycles. The molecule has 0 aliphatic heterocycles. The van der Waals surface area contributed by atoms with Crippen molar-refractivity contribution in [3.8, 4) is 11.3 Å². The van der Waals surface area contributed by atoms with E-state index in [2.05, 4.69) is 15.0 Å². The van der Waals surface area contributed by atoms with Crippen LogP contribution >= 0.6 is 0 Å². The van der Waals surface area contributed by atoms with Crippen LogP contribution in [0.25, 0.3) is 28.1 Å². The van der Waals surface area contributed by atoms with Crippen LogP contribution in [-0.2, 0) is 6.54 Å². The average molecular weight is 389 g/mol. The monoisotopic (exact) mass is 389 g/mol. The van der Waals surface area contributed by atoms with Gasteiger partial charge in [-0.3, -0.25) is 13.8 Å². The van der Waals surface area contributed by atoms with Crippen molar-refractivity contribution in [2.75, 3.05) is 0 Å². The summed E-state index contributed by atoms with van der Waals surface area (Å²) in [6, 6.07) is 11.2. The number of hydrogen-bond donors (Lipinski definition) is 0. The molecule has 0 radical (unpaired) electrons. The predicted octanol–water partition coefficient (Wildman–Crippen LogP) is 3.43. The summed E-state index contributed by atoms with van der Waals surface area (Å²) < 4.78 is 32.8. The molecule has 0 saturated heterocycles. The summed E-state index contributed by atoms with van der Waals surface area (Å²) in [7, 11) is 0. The van der Waals surface area contributed by atoms with Crippen molar-refractivity contribution in [1.29, 1.82) is 0 Å². The Hall–Kier alpha value is -3.94. The van der Waals surface area contributed by atoms with Crippen molar-refractivity contribution >= 4 is 16.8 Å². The first-order valence-corrected chi connectivity index (χ1v) is 8.83. The molecular weight excluding hydrogens is 376 g/mol. The zero-order valence-corrected chi connectivity index (χ0v) is 15.0. The first kappa shape index (κ1) is 17.2. The summed E-state index contributed by atoms with van der Waals surface area (Å²) in [5.74, 6) is -1.49. The van der Waals surface area contributed by atoms with E-state index in [9.17, 15) is 13.6 Å². The number of nitrogens with zero attached hydrogens (tertiary/aromatic N) is 5. The minimum Gasteiger partial charge on any atom is -0.300 e.